The molecule has 0 aliphatic carbocycles. The molecule has 0 aliphatic heterocycles. The van der Waals surface area contributed by atoms with Crippen LogP contribution in [0.25, 0.3) is 21.3 Å². The number of hydrogen-bond acceptors (Lipinski definition) is 6. The van der Waals surface area contributed by atoms with Crippen molar-refractivity contribution >= 4 is 50.7 Å². The maximum atomic E-state index is 13.0. The van der Waals surface area contributed by atoms with Crippen molar-refractivity contribution in [3.05, 3.63) is 71.4 Å². The summed E-state index contributed by atoms with van der Waals surface area (Å²) in [5.41, 5.74) is 4.67. The SMILES string of the molecule is CC(=O)Nc1ccc(C(=O)C(C)Sc2ncnc3scc(-c4ccc(C)cc4)c23)cc1. The largest absolute Gasteiger partial charge is 0.326 e. The molecule has 5 nitrogen and oxygen atoms in total. The summed E-state index contributed by atoms with van der Waals surface area (Å²) < 4.78 is 0. The number of benzene rings is 2. The third-order valence-corrected chi connectivity index (χ3v) is 6.83. The fourth-order valence-corrected chi connectivity index (χ4v) is 5.25. The molecule has 4 aromatic rings. The van der Waals surface area contributed by atoms with Crippen LogP contribution in [0.15, 0.2) is 65.3 Å². The Kier molecular flexibility index (Phi) is 6.15. The van der Waals surface area contributed by atoms with Crippen molar-refractivity contribution in [1.82, 2.24) is 9.97 Å². The van der Waals surface area contributed by atoms with Crippen molar-refractivity contribution in [3.63, 3.8) is 0 Å². The molecule has 4 rings (SSSR count). The van der Waals surface area contributed by atoms with E-state index in [1.807, 2.05) is 6.92 Å². The zero-order valence-electron chi connectivity index (χ0n) is 17.4. The van der Waals surface area contributed by atoms with E-state index in [9.17, 15) is 9.59 Å². The van der Waals surface area contributed by atoms with E-state index < -0.39 is 0 Å². The van der Waals surface area contributed by atoms with Crippen LogP contribution in [0.3, 0.4) is 0 Å². The van der Waals surface area contributed by atoms with Gasteiger partial charge in [-0.05, 0) is 43.7 Å². The van der Waals surface area contributed by atoms with E-state index in [4.69, 9.17) is 0 Å². The van der Waals surface area contributed by atoms with Gasteiger partial charge in [0, 0.05) is 29.1 Å². The topological polar surface area (TPSA) is 72.0 Å². The van der Waals surface area contributed by atoms with Crippen LogP contribution >= 0.6 is 23.1 Å². The van der Waals surface area contributed by atoms with Gasteiger partial charge in [-0.25, -0.2) is 9.97 Å². The molecular weight excluding hydrogens is 426 g/mol. The summed E-state index contributed by atoms with van der Waals surface area (Å²) >= 11 is 3.03. The van der Waals surface area contributed by atoms with Crippen LogP contribution < -0.4 is 5.32 Å². The van der Waals surface area contributed by atoms with E-state index in [2.05, 4.69) is 51.9 Å². The van der Waals surface area contributed by atoms with Crippen molar-refractivity contribution < 1.29 is 9.59 Å². The minimum atomic E-state index is -0.324. The van der Waals surface area contributed by atoms with Gasteiger partial charge in [-0.2, -0.15) is 0 Å². The second-order valence-electron chi connectivity index (χ2n) is 7.26. The molecule has 0 bridgehead atoms. The molecule has 1 N–H and O–H groups in total. The molecule has 1 atom stereocenters. The first-order valence-corrected chi connectivity index (χ1v) is 11.6. The second-order valence-corrected chi connectivity index (χ2v) is 9.44. The highest BCUT2D eigenvalue weighted by Crippen LogP contribution is 2.39. The number of rotatable bonds is 6. The summed E-state index contributed by atoms with van der Waals surface area (Å²) in [6.07, 6.45) is 1.56. The number of ketones is 1. The Labute approximate surface area is 188 Å². The number of fused-ring (bicyclic) bond motifs is 1. The molecule has 156 valence electrons. The first kappa shape index (κ1) is 21.2. The number of Topliss-reactive ketones (excluding diaryl/α,β-unsaturated/α-hetero) is 1. The Hall–Kier alpha value is -3.03. The average Bonchev–Trinajstić information content (AvgIpc) is 3.19. The van der Waals surface area contributed by atoms with Gasteiger partial charge in [0.15, 0.2) is 5.78 Å². The molecule has 2 aromatic carbocycles. The number of carbonyl (C=O) groups excluding carboxylic acids is 2. The number of aromatic nitrogens is 2. The number of aryl methyl sites for hydroxylation is 1. The van der Waals surface area contributed by atoms with Crippen molar-refractivity contribution in [2.24, 2.45) is 0 Å². The molecule has 0 aliphatic rings. The highest BCUT2D eigenvalue weighted by Gasteiger charge is 2.21. The maximum Gasteiger partial charge on any atom is 0.221 e. The summed E-state index contributed by atoms with van der Waals surface area (Å²) in [5.74, 6) is -0.130. The fraction of sp³-hybridized carbons (Fsp3) is 0.167. The Morgan fingerprint density at radius 1 is 1.03 bits per heavy atom. The second kappa shape index (κ2) is 8.99. The number of nitrogens with one attached hydrogen (secondary N) is 1. The molecule has 0 saturated heterocycles. The summed E-state index contributed by atoms with van der Waals surface area (Å²) in [7, 11) is 0. The number of anilines is 1. The van der Waals surface area contributed by atoms with Crippen LogP contribution in [-0.4, -0.2) is 26.9 Å². The first-order valence-electron chi connectivity index (χ1n) is 9.80. The lowest BCUT2D eigenvalue weighted by Crippen LogP contribution is -2.14. The Bertz CT molecular complexity index is 1250. The third kappa shape index (κ3) is 4.68. The van der Waals surface area contributed by atoms with Crippen LogP contribution in [0, 0.1) is 6.92 Å². The van der Waals surface area contributed by atoms with E-state index in [1.54, 1.807) is 41.9 Å². The lowest BCUT2D eigenvalue weighted by molar-refractivity contribution is -0.114. The standard InChI is InChI=1S/C24H21N3O2S2/c1-14-4-6-17(7-5-14)20-12-30-23-21(20)24(26-13-25-23)31-15(2)22(29)18-8-10-19(11-9-18)27-16(3)28/h4-13,15H,1-3H3,(H,27,28). The molecule has 7 heteroatoms. The van der Waals surface area contributed by atoms with Crippen LogP contribution in [0.4, 0.5) is 5.69 Å². The van der Waals surface area contributed by atoms with Crippen molar-refractivity contribution in [1.29, 1.82) is 0 Å². The summed E-state index contributed by atoms with van der Waals surface area (Å²) in [4.78, 5) is 34.0. The molecule has 2 heterocycles. The van der Waals surface area contributed by atoms with E-state index in [-0.39, 0.29) is 16.9 Å². The minimum Gasteiger partial charge on any atom is -0.326 e. The van der Waals surface area contributed by atoms with Crippen LogP contribution in [-0.2, 0) is 4.79 Å². The fourth-order valence-electron chi connectivity index (χ4n) is 3.26. The average molecular weight is 448 g/mol. The van der Waals surface area contributed by atoms with E-state index in [1.165, 1.54) is 24.2 Å². The van der Waals surface area contributed by atoms with Gasteiger partial charge in [-0.1, -0.05) is 41.6 Å². The number of amides is 1. The normalized spacial score (nSPS) is 12.0. The molecule has 0 fully saturated rings. The monoisotopic (exact) mass is 447 g/mol. The summed E-state index contributed by atoms with van der Waals surface area (Å²) in [6, 6.07) is 15.3. The molecule has 0 spiro atoms. The molecule has 1 unspecified atom stereocenters. The van der Waals surface area contributed by atoms with Gasteiger partial charge < -0.3 is 5.32 Å². The predicted molar refractivity (Wildman–Crippen MR) is 128 cm³/mol. The minimum absolute atomic E-state index is 0.0123. The van der Waals surface area contributed by atoms with Gasteiger partial charge in [0.25, 0.3) is 0 Å². The molecular formula is C24H21N3O2S2. The Morgan fingerprint density at radius 2 is 1.74 bits per heavy atom. The molecule has 1 amide bonds. The predicted octanol–water partition coefficient (Wildman–Crippen LogP) is 5.99. The number of thioether (sulfide) groups is 1. The highest BCUT2D eigenvalue weighted by atomic mass is 32.2. The highest BCUT2D eigenvalue weighted by molar-refractivity contribution is 8.00. The zero-order valence-corrected chi connectivity index (χ0v) is 19.0. The summed E-state index contributed by atoms with van der Waals surface area (Å²) in [6.45, 7) is 5.41. The van der Waals surface area contributed by atoms with E-state index in [0.717, 1.165) is 26.4 Å². The maximum absolute atomic E-state index is 13.0. The molecule has 0 saturated carbocycles. The van der Waals surface area contributed by atoms with Gasteiger partial charge >= 0.3 is 0 Å². The van der Waals surface area contributed by atoms with Crippen molar-refractivity contribution in [2.45, 2.75) is 31.0 Å². The molecule has 2 aromatic heterocycles. The summed E-state index contributed by atoms with van der Waals surface area (Å²) in [5, 5.41) is 6.28. The van der Waals surface area contributed by atoms with Gasteiger partial charge in [0.1, 0.15) is 16.2 Å². The third-order valence-electron chi connectivity index (χ3n) is 4.85. The van der Waals surface area contributed by atoms with Crippen LogP contribution in [0.2, 0.25) is 0 Å². The number of thiophene rings is 1. The smallest absolute Gasteiger partial charge is 0.221 e. The van der Waals surface area contributed by atoms with Gasteiger partial charge in [-0.3, -0.25) is 9.59 Å². The van der Waals surface area contributed by atoms with Gasteiger partial charge in [0.2, 0.25) is 5.91 Å². The lowest BCUT2D eigenvalue weighted by atomic mass is 10.1. The molecule has 31 heavy (non-hydrogen) atoms. The van der Waals surface area contributed by atoms with Crippen molar-refractivity contribution in [3.8, 4) is 11.1 Å². The van der Waals surface area contributed by atoms with E-state index in [0.29, 0.717) is 11.3 Å². The van der Waals surface area contributed by atoms with Gasteiger partial charge in [0.05, 0.1) is 10.6 Å². The Morgan fingerprint density at radius 3 is 2.42 bits per heavy atom. The van der Waals surface area contributed by atoms with Crippen LogP contribution in [0.5, 0.6) is 0 Å². The van der Waals surface area contributed by atoms with Gasteiger partial charge in [-0.15, -0.1) is 11.3 Å². The quantitative estimate of drug-likeness (QED) is 0.223. The van der Waals surface area contributed by atoms with Crippen LogP contribution in [0.1, 0.15) is 29.8 Å². The van der Waals surface area contributed by atoms with Crippen molar-refractivity contribution in [2.75, 3.05) is 5.32 Å². The molecule has 0 radical (unpaired) electrons. The zero-order chi connectivity index (χ0) is 22.0. The lowest BCUT2D eigenvalue weighted by Gasteiger charge is -2.12. The first-order chi connectivity index (χ1) is 14.9. The van der Waals surface area contributed by atoms with E-state index >= 15 is 0 Å². The Balaban J connectivity index is 1.60. The number of nitrogens with zero attached hydrogens (tertiary/aromatic N) is 2. The number of carbonyl (C=O) groups is 2. The number of hydrogen-bond donors (Lipinski definition) is 1.